The average Bonchev–Trinajstić information content (AvgIpc) is 3.50. The molecule has 0 spiro atoms. The molecule has 32 heavy (non-hydrogen) atoms. The fourth-order valence-corrected chi connectivity index (χ4v) is 7.52. The Morgan fingerprint density at radius 3 is 2.53 bits per heavy atom. The van der Waals surface area contributed by atoms with Crippen LogP contribution in [0, 0.1) is 0 Å². The van der Waals surface area contributed by atoms with Crippen LogP contribution in [0.25, 0.3) is 0 Å². The summed E-state index contributed by atoms with van der Waals surface area (Å²) in [4.78, 5) is 15.0. The van der Waals surface area contributed by atoms with Gasteiger partial charge >= 0.3 is 0 Å². The number of ether oxygens (including phenoxy) is 1. The molecular formula is C22H34N4O5S. The van der Waals surface area contributed by atoms with Crippen LogP contribution in [0.3, 0.4) is 0 Å². The van der Waals surface area contributed by atoms with E-state index in [0.717, 1.165) is 70.7 Å². The van der Waals surface area contributed by atoms with E-state index in [-0.39, 0.29) is 29.8 Å². The number of aromatic nitrogens is 1. The van der Waals surface area contributed by atoms with E-state index in [0.29, 0.717) is 30.9 Å². The van der Waals surface area contributed by atoms with E-state index in [1.807, 2.05) is 0 Å². The van der Waals surface area contributed by atoms with Gasteiger partial charge in [0.25, 0.3) is 5.91 Å². The fourth-order valence-electron chi connectivity index (χ4n) is 5.53. The first-order valence-corrected chi connectivity index (χ1v) is 13.7. The van der Waals surface area contributed by atoms with Gasteiger partial charge in [-0.2, -0.15) is 4.31 Å². The van der Waals surface area contributed by atoms with Crippen molar-refractivity contribution < 1.29 is 22.5 Å². The lowest BCUT2D eigenvalue weighted by molar-refractivity contribution is 0.0379. The molecule has 1 aromatic rings. The van der Waals surface area contributed by atoms with Crippen molar-refractivity contribution in [3.63, 3.8) is 0 Å². The van der Waals surface area contributed by atoms with E-state index in [4.69, 9.17) is 9.26 Å². The highest BCUT2D eigenvalue weighted by Crippen LogP contribution is 2.40. The van der Waals surface area contributed by atoms with E-state index in [9.17, 15) is 13.2 Å². The zero-order valence-electron chi connectivity index (χ0n) is 18.6. The molecule has 1 saturated carbocycles. The van der Waals surface area contributed by atoms with Gasteiger partial charge in [-0.25, -0.2) is 8.42 Å². The van der Waals surface area contributed by atoms with Crippen molar-refractivity contribution in [3.8, 4) is 0 Å². The van der Waals surface area contributed by atoms with Crippen molar-refractivity contribution in [2.75, 3.05) is 38.6 Å². The Bertz CT molecular complexity index is 895. The molecule has 0 aromatic carbocycles. The molecule has 2 unspecified atom stereocenters. The van der Waals surface area contributed by atoms with Crippen LogP contribution in [0.2, 0.25) is 0 Å². The fraction of sp³-hybridized carbons (Fsp3) is 0.818. The highest BCUT2D eigenvalue weighted by molar-refractivity contribution is 7.89. The minimum atomic E-state index is -3.31. The molecule has 3 aliphatic heterocycles. The van der Waals surface area contributed by atoms with Crippen LogP contribution in [0.15, 0.2) is 10.6 Å². The second-order valence-electron chi connectivity index (χ2n) is 9.72. The minimum absolute atomic E-state index is 0.0273. The Morgan fingerprint density at radius 2 is 1.84 bits per heavy atom. The molecule has 5 rings (SSSR count). The Balaban J connectivity index is 1.16. The summed E-state index contributed by atoms with van der Waals surface area (Å²) in [6.07, 6.45) is 6.94. The smallest absolute Gasteiger partial charge is 0.273 e. The van der Waals surface area contributed by atoms with Crippen LogP contribution in [-0.4, -0.2) is 85.4 Å². The third-order valence-electron chi connectivity index (χ3n) is 7.29. The topological polar surface area (TPSA) is 105 Å². The number of hydrogen-bond acceptors (Lipinski definition) is 7. The van der Waals surface area contributed by atoms with Crippen LogP contribution in [0.5, 0.6) is 0 Å². The molecule has 1 aliphatic carbocycles. The van der Waals surface area contributed by atoms with E-state index in [1.165, 1.54) is 0 Å². The lowest BCUT2D eigenvalue weighted by atomic mass is 9.84. The van der Waals surface area contributed by atoms with Crippen LogP contribution < -0.4 is 5.32 Å². The number of carbonyl (C=O) groups excluding carboxylic acids is 1. The molecular weight excluding hydrogens is 432 g/mol. The zero-order valence-corrected chi connectivity index (χ0v) is 19.4. The average molecular weight is 467 g/mol. The summed E-state index contributed by atoms with van der Waals surface area (Å²) in [7, 11) is -3.31. The summed E-state index contributed by atoms with van der Waals surface area (Å²) in [5.74, 6) is 1.19. The standard InChI is InChI=1S/C22H34N4O5S/c27-22(20-15-21(31-24-20)16-5-6-16)23-17-13-18-3-1-4-19(14-17)26(18)32(28,29)12-2-7-25-8-10-30-11-9-25/h15-19H,1-14H2,(H,23,27). The second kappa shape index (κ2) is 9.40. The number of rotatable bonds is 8. The van der Waals surface area contributed by atoms with Crippen LogP contribution in [-0.2, 0) is 14.8 Å². The highest BCUT2D eigenvalue weighted by Gasteiger charge is 2.44. The number of hydrogen-bond donors (Lipinski definition) is 1. The summed E-state index contributed by atoms with van der Waals surface area (Å²) < 4.78 is 38.9. The molecule has 0 radical (unpaired) electrons. The molecule has 1 aromatic heterocycles. The number of carbonyl (C=O) groups is 1. The highest BCUT2D eigenvalue weighted by atomic mass is 32.2. The summed E-state index contributed by atoms with van der Waals surface area (Å²) in [5, 5.41) is 7.03. The molecule has 178 valence electrons. The Labute approximate surface area is 189 Å². The summed E-state index contributed by atoms with van der Waals surface area (Å²) in [5.41, 5.74) is 0.329. The van der Waals surface area contributed by atoms with Gasteiger partial charge in [-0.1, -0.05) is 11.6 Å². The van der Waals surface area contributed by atoms with E-state index in [1.54, 1.807) is 10.4 Å². The first-order chi connectivity index (χ1) is 15.5. The Hall–Kier alpha value is -1.49. The predicted octanol–water partition coefficient (Wildman–Crippen LogP) is 1.72. The second-order valence-corrected chi connectivity index (χ2v) is 11.7. The van der Waals surface area contributed by atoms with Crippen molar-refractivity contribution in [3.05, 3.63) is 17.5 Å². The molecule has 9 nitrogen and oxygen atoms in total. The minimum Gasteiger partial charge on any atom is -0.379 e. The first kappa shape index (κ1) is 22.3. The van der Waals surface area contributed by atoms with Crippen LogP contribution in [0.1, 0.15) is 73.5 Å². The molecule has 10 heteroatoms. The summed E-state index contributed by atoms with van der Waals surface area (Å²) in [6, 6.07) is 1.67. The largest absolute Gasteiger partial charge is 0.379 e. The summed E-state index contributed by atoms with van der Waals surface area (Å²) in [6.45, 7) is 4.01. The first-order valence-electron chi connectivity index (χ1n) is 12.1. The lowest BCUT2D eigenvalue weighted by Gasteiger charge is -2.47. The molecule has 1 N–H and O–H groups in total. The molecule has 2 atom stereocenters. The number of nitrogens with zero attached hydrogens (tertiary/aromatic N) is 3. The molecule has 1 amide bonds. The van der Waals surface area contributed by atoms with Gasteiger partial charge < -0.3 is 14.6 Å². The number of sulfonamides is 1. The number of amides is 1. The third-order valence-corrected chi connectivity index (χ3v) is 9.33. The summed E-state index contributed by atoms with van der Waals surface area (Å²) >= 11 is 0. The van der Waals surface area contributed by atoms with Gasteiger partial charge in [-0.05, 0) is 51.5 Å². The molecule has 4 heterocycles. The van der Waals surface area contributed by atoms with Crippen molar-refractivity contribution in [1.82, 2.24) is 19.7 Å². The van der Waals surface area contributed by atoms with Gasteiger partial charge in [0.05, 0.1) is 19.0 Å². The quantitative estimate of drug-likeness (QED) is 0.622. The maximum atomic E-state index is 13.2. The van der Waals surface area contributed by atoms with Crippen molar-refractivity contribution in [2.24, 2.45) is 0 Å². The maximum Gasteiger partial charge on any atom is 0.273 e. The molecule has 4 aliphatic rings. The van der Waals surface area contributed by atoms with Crippen molar-refractivity contribution in [2.45, 2.75) is 75.4 Å². The van der Waals surface area contributed by atoms with Gasteiger partial charge in [0.2, 0.25) is 10.0 Å². The van der Waals surface area contributed by atoms with Gasteiger partial charge in [0, 0.05) is 43.2 Å². The monoisotopic (exact) mass is 466 g/mol. The van der Waals surface area contributed by atoms with Crippen molar-refractivity contribution >= 4 is 15.9 Å². The van der Waals surface area contributed by atoms with E-state index >= 15 is 0 Å². The van der Waals surface area contributed by atoms with E-state index in [2.05, 4.69) is 15.4 Å². The van der Waals surface area contributed by atoms with Crippen LogP contribution >= 0.6 is 0 Å². The number of nitrogens with one attached hydrogen (secondary N) is 1. The zero-order chi connectivity index (χ0) is 22.1. The Morgan fingerprint density at radius 1 is 1.12 bits per heavy atom. The van der Waals surface area contributed by atoms with Crippen molar-refractivity contribution in [1.29, 1.82) is 0 Å². The normalized spacial score (nSPS) is 29.7. The number of piperidine rings is 2. The molecule has 4 fully saturated rings. The molecule has 3 saturated heterocycles. The SMILES string of the molecule is O=C(NC1CC2CCCC(C1)N2S(=O)(=O)CCCN1CCOCC1)c1cc(C2CC2)on1. The van der Waals surface area contributed by atoms with Crippen LogP contribution in [0.4, 0.5) is 0 Å². The Kier molecular flexibility index (Phi) is 6.55. The van der Waals surface area contributed by atoms with Gasteiger partial charge in [0.15, 0.2) is 5.69 Å². The van der Waals surface area contributed by atoms with Gasteiger partial charge in [0.1, 0.15) is 5.76 Å². The number of fused-ring (bicyclic) bond motifs is 2. The predicted molar refractivity (Wildman–Crippen MR) is 118 cm³/mol. The number of morpholine rings is 1. The van der Waals surface area contributed by atoms with Gasteiger partial charge in [-0.3, -0.25) is 9.69 Å². The van der Waals surface area contributed by atoms with E-state index < -0.39 is 10.0 Å². The maximum absolute atomic E-state index is 13.2. The molecule has 2 bridgehead atoms. The van der Waals surface area contributed by atoms with Gasteiger partial charge in [-0.15, -0.1) is 0 Å². The third kappa shape index (κ3) is 5.03. The lowest BCUT2D eigenvalue weighted by Crippen LogP contribution is -2.59.